The molecule has 3 heterocycles. The number of hydrogen-bond acceptors (Lipinski definition) is 7. The number of hydrogen-bond donors (Lipinski definition) is 0. The van der Waals surface area contributed by atoms with Gasteiger partial charge in [0.2, 0.25) is 5.75 Å². The summed E-state index contributed by atoms with van der Waals surface area (Å²) in [7, 11) is 1.50. The molecule has 0 spiro atoms. The fraction of sp³-hybridized carbons (Fsp3) is 0.421. The van der Waals surface area contributed by atoms with Crippen LogP contribution in [0.1, 0.15) is 18.1 Å². The number of nitrogens with zero attached hydrogens (tertiary/aromatic N) is 4. The molecule has 0 N–H and O–H groups in total. The smallest absolute Gasteiger partial charge is 0.352 e. The minimum Gasteiger partial charge on any atom is -0.489 e. The molecule has 0 saturated carbocycles. The van der Waals surface area contributed by atoms with E-state index in [1.807, 2.05) is 6.92 Å². The molecule has 1 atom stereocenters. The molecule has 0 amide bonds. The van der Waals surface area contributed by atoms with E-state index in [2.05, 4.69) is 9.88 Å². The Labute approximate surface area is 160 Å². The van der Waals surface area contributed by atoms with Crippen LogP contribution in [0, 0.1) is 17.1 Å². The first-order valence-electron chi connectivity index (χ1n) is 8.82. The van der Waals surface area contributed by atoms with Gasteiger partial charge in [-0.05, 0) is 24.6 Å². The molecule has 0 aliphatic carbocycles. The maximum absolute atomic E-state index is 13.5. The Bertz CT molecular complexity index is 1030. The summed E-state index contributed by atoms with van der Waals surface area (Å²) in [5.41, 5.74) is -0.271. The number of aromatic nitrogens is 2. The van der Waals surface area contributed by atoms with E-state index >= 15 is 0 Å². The van der Waals surface area contributed by atoms with Crippen LogP contribution in [-0.2, 0) is 17.9 Å². The van der Waals surface area contributed by atoms with E-state index in [1.54, 1.807) is 10.6 Å². The molecule has 2 aromatic rings. The first kappa shape index (κ1) is 18.3. The quantitative estimate of drug-likeness (QED) is 0.786. The topological polar surface area (TPSA) is 89.6 Å². The van der Waals surface area contributed by atoms with Gasteiger partial charge in [-0.25, -0.2) is 9.18 Å². The highest BCUT2D eigenvalue weighted by Crippen LogP contribution is 2.43. The van der Waals surface area contributed by atoms with Gasteiger partial charge in [0.1, 0.15) is 18.5 Å². The second kappa shape index (κ2) is 6.80. The molecule has 9 heteroatoms. The molecule has 28 heavy (non-hydrogen) atoms. The van der Waals surface area contributed by atoms with Crippen LogP contribution in [0.2, 0.25) is 0 Å². The van der Waals surface area contributed by atoms with Crippen LogP contribution in [0.15, 0.2) is 23.0 Å². The summed E-state index contributed by atoms with van der Waals surface area (Å²) in [5.74, 6) is 0.467. The summed E-state index contributed by atoms with van der Waals surface area (Å²) in [6.07, 6.45) is 0. The van der Waals surface area contributed by atoms with Gasteiger partial charge < -0.3 is 19.1 Å². The van der Waals surface area contributed by atoms with E-state index in [0.717, 1.165) is 0 Å². The summed E-state index contributed by atoms with van der Waals surface area (Å²) in [6.45, 7) is 4.17. The number of anilines is 1. The molecule has 146 valence electrons. The molecular weight excluding hydrogens is 367 g/mol. The number of benzene rings is 1. The zero-order valence-electron chi connectivity index (χ0n) is 15.6. The molecule has 0 unspecified atom stereocenters. The van der Waals surface area contributed by atoms with Gasteiger partial charge in [0.05, 0.1) is 38.0 Å². The fourth-order valence-corrected chi connectivity index (χ4v) is 3.72. The van der Waals surface area contributed by atoms with Crippen molar-refractivity contribution in [1.29, 1.82) is 5.26 Å². The first-order valence-corrected chi connectivity index (χ1v) is 8.82. The van der Waals surface area contributed by atoms with Crippen molar-refractivity contribution < 1.29 is 18.6 Å². The molecule has 1 fully saturated rings. The maximum atomic E-state index is 13.5. The third-order valence-electron chi connectivity index (χ3n) is 5.09. The van der Waals surface area contributed by atoms with E-state index in [9.17, 15) is 9.18 Å². The summed E-state index contributed by atoms with van der Waals surface area (Å²) in [6, 6.07) is 5.92. The molecule has 0 bridgehead atoms. The lowest BCUT2D eigenvalue weighted by Crippen LogP contribution is -2.53. The minimum absolute atomic E-state index is 0.0155. The molecule has 1 aromatic carbocycles. The zero-order chi connectivity index (χ0) is 19.9. The third-order valence-corrected chi connectivity index (χ3v) is 5.09. The predicted octanol–water partition coefficient (Wildman–Crippen LogP) is 1.45. The van der Waals surface area contributed by atoms with E-state index in [-0.39, 0.29) is 23.6 Å². The van der Waals surface area contributed by atoms with Crippen LogP contribution < -0.4 is 20.1 Å². The number of morpholine rings is 1. The van der Waals surface area contributed by atoms with Crippen molar-refractivity contribution in [2.75, 3.05) is 31.8 Å². The van der Waals surface area contributed by atoms with Gasteiger partial charge >= 0.3 is 5.69 Å². The van der Waals surface area contributed by atoms with Crippen molar-refractivity contribution >= 4 is 5.82 Å². The highest BCUT2D eigenvalue weighted by molar-refractivity contribution is 5.62. The molecule has 1 saturated heterocycles. The van der Waals surface area contributed by atoms with Gasteiger partial charge in [-0.2, -0.15) is 10.2 Å². The van der Waals surface area contributed by atoms with E-state index in [4.69, 9.17) is 19.5 Å². The number of rotatable bonds is 4. The Balaban J connectivity index is 1.68. The van der Waals surface area contributed by atoms with Crippen LogP contribution in [0.4, 0.5) is 10.2 Å². The average molecular weight is 386 g/mol. The van der Waals surface area contributed by atoms with E-state index in [1.165, 1.54) is 25.3 Å². The summed E-state index contributed by atoms with van der Waals surface area (Å²) in [4.78, 5) is 18.7. The molecule has 8 nitrogen and oxygen atoms in total. The van der Waals surface area contributed by atoms with Crippen molar-refractivity contribution in [3.8, 4) is 17.7 Å². The van der Waals surface area contributed by atoms with Crippen molar-refractivity contribution in [2.24, 2.45) is 0 Å². The minimum atomic E-state index is -0.593. The van der Waals surface area contributed by atoms with Crippen LogP contribution in [-0.4, -0.2) is 42.0 Å². The highest BCUT2D eigenvalue weighted by Gasteiger charge is 2.45. The summed E-state index contributed by atoms with van der Waals surface area (Å²) < 4.78 is 31.9. The molecule has 2 aliphatic heterocycles. The second-order valence-corrected chi connectivity index (χ2v) is 7.06. The Morgan fingerprint density at radius 3 is 3.04 bits per heavy atom. The van der Waals surface area contributed by atoms with Gasteiger partial charge in [-0.15, -0.1) is 0 Å². The van der Waals surface area contributed by atoms with Crippen molar-refractivity contribution in [1.82, 2.24) is 9.55 Å². The number of nitriles is 1. The monoisotopic (exact) mass is 386 g/mol. The molecule has 2 aliphatic rings. The SMILES string of the molecule is COc1c(OCc2ccc(F)c(C#N)c2)nc(=O)n2c1N1CCOC[C@@]1(C)C2. The first-order chi connectivity index (χ1) is 13.5. The van der Waals surface area contributed by atoms with Crippen LogP contribution in [0.3, 0.4) is 0 Å². The lowest BCUT2D eigenvalue weighted by molar-refractivity contribution is 0.0585. The Hall–Kier alpha value is -3.12. The van der Waals surface area contributed by atoms with Crippen LogP contribution in [0.25, 0.3) is 0 Å². The van der Waals surface area contributed by atoms with Gasteiger partial charge in [0, 0.05) is 6.54 Å². The normalized spacial score (nSPS) is 20.3. The standard InChI is InChI=1S/C19H19FN4O4/c1-19-10-23-17(24(19)5-6-27-11-19)15(26-2)16(22-18(23)25)28-9-12-3-4-14(20)13(7-12)8-21/h3-4,7H,5-6,9-11H2,1-2H3/t19-/m1/s1. The maximum Gasteiger partial charge on any atom is 0.352 e. The van der Waals surface area contributed by atoms with E-state index < -0.39 is 11.5 Å². The number of ether oxygens (including phenoxy) is 3. The van der Waals surface area contributed by atoms with Crippen molar-refractivity contribution in [3.63, 3.8) is 0 Å². The largest absolute Gasteiger partial charge is 0.489 e. The summed E-state index contributed by atoms with van der Waals surface area (Å²) >= 11 is 0. The zero-order valence-corrected chi connectivity index (χ0v) is 15.6. The number of fused-ring (bicyclic) bond motifs is 3. The lowest BCUT2D eigenvalue weighted by Gasteiger charge is -2.39. The molecule has 4 rings (SSSR count). The highest BCUT2D eigenvalue weighted by atomic mass is 19.1. The Morgan fingerprint density at radius 1 is 1.46 bits per heavy atom. The molecule has 0 radical (unpaired) electrons. The fourth-order valence-electron chi connectivity index (χ4n) is 3.72. The van der Waals surface area contributed by atoms with Gasteiger partial charge in [-0.1, -0.05) is 6.07 Å². The van der Waals surface area contributed by atoms with Crippen LogP contribution >= 0.6 is 0 Å². The Morgan fingerprint density at radius 2 is 2.29 bits per heavy atom. The predicted molar refractivity (Wildman–Crippen MR) is 97.1 cm³/mol. The van der Waals surface area contributed by atoms with Crippen molar-refractivity contribution in [3.05, 3.63) is 45.6 Å². The van der Waals surface area contributed by atoms with Gasteiger partial charge in [0.15, 0.2) is 5.82 Å². The van der Waals surface area contributed by atoms with Crippen LogP contribution in [0.5, 0.6) is 11.6 Å². The third kappa shape index (κ3) is 2.86. The number of halogens is 1. The van der Waals surface area contributed by atoms with E-state index in [0.29, 0.717) is 43.4 Å². The average Bonchev–Trinajstić information content (AvgIpc) is 3.01. The lowest BCUT2D eigenvalue weighted by atomic mass is 10.0. The molecule has 1 aromatic heterocycles. The number of methoxy groups -OCH3 is 1. The van der Waals surface area contributed by atoms with Crippen molar-refractivity contribution in [2.45, 2.75) is 25.6 Å². The second-order valence-electron chi connectivity index (χ2n) is 7.06. The Kier molecular flexibility index (Phi) is 4.43. The summed E-state index contributed by atoms with van der Waals surface area (Å²) in [5, 5.41) is 8.96. The molecular formula is C19H19FN4O4. The van der Waals surface area contributed by atoms with Gasteiger partial charge in [-0.3, -0.25) is 4.57 Å². The van der Waals surface area contributed by atoms with Gasteiger partial charge in [0.25, 0.3) is 5.88 Å².